The van der Waals surface area contributed by atoms with Crippen LogP contribution in [0.25, 0.3) is 0 Å². The lowest BCUT2D eigenvalue weighted by molar-refractivity contribution is -0.118. The Hall–Kier alpha value is -2.20. The zero-order chi connectivity index (χ0) is 15.1. The lowest BCUT2D eigenvalue weighted by atomic mass is 10.2. The first kappa shape index (κ1) is 15.2. The molecule has 0 aliphatic heterocycles. The summed E-state index contributed by atoms with van der Waals surface area (Å²) in [6.07, 6.45) is 0.193. The van der Waals surface area contributed by atoms with Crippen molar-refractivity contribution in [1.82, 2.24) is 0 Å². The molecule has 0 aliphatic rings. The number of ether oxygens (including phenoxy) is 1. The van der Waals surface area contributed by atoms with Crippen molar-refractivity contribution < 1.29 is 9.53 Å². The molecule has 0 fully saturated rings. The summed E-state index contributed by atoms with van der Waals surface area (Å²) in [4.78, 5) is 10.7. The van der Waals surface area contributed by atoms with E-state index >= 15 is 0 Å². The molecule has 2 aromatic carbocycles. The topological polar surface area (TPSA) is 64.4 Å². The molecule has 0 aromatic heterocycles. The van der Waals surface area contributed by atoms with Crippen LogP contribution in [0.5, 0.6) is 5.75 Å². The van der Waals surface area contributed by atoms with Crippen LogP contribution in [-0.4, -0.2) is 12.5 Å². The molecular formula is C16H17ClN2O2. The minimum atomic E-state index is -0.378. The Morgan fingerprint density at radius 2 is 1.86 bits per heavy atom. The standard InChI is InChI=1S/C16H17ClN2O2/c17-13-6-2-1-5-12(13)11-19-14-7-3-4-8-15(14)21-10-9-16(18)20/h1-8,19H,9-11H2,(H2,18,20). The molecule has 0 radical (unpaired) electrons. The fourth-order valence-electron chi connectivity index (χ4n) is 1.83. The Labute approximate surface area is 128 Å². The highest BCUT2D eigenvalue weighted by atomic mass is 35.5. The van der Waals surface area contributed by atoms with Gasteiger partial charge in [0.25, 0.3) is 0 Å². The molecule has 21 heavy (non-hydrogen) atoms. The van der Waals surface area contributed by atoms with E-state index in [0.717, 1.165) is 16.3 Å². The fourth-order valence-corrected chi connectivity index (χ4v) is 2.03. The molecule has 0 heterocycles. The van der Waals surface area contributed by atoms with Crippen molar-refractivity contribution in [3.8, 4) is 5.75 Å². The molecule has 2 aromatic rings. The van der Waals surface area contributed by atoms with E-state index in [0.29, 0.717) is 12.3 Å². The summed E-state index contributed by atoms with van der Waals surface area (Å²) in [5.74, 6) is 0.308. The first-order valence-corrected chi connectivity index (χ1v) is 7.02. The number of rotatable bonds is 7. The number of benzene rings is 2. The highest BCUT2D eigenvalue weighted by molar-refractivity contribution is 6.31. The number of primary amides is 1. The fraction of sp³-hybridized carbons (Fsp3) is 0.188. The van der Waals surface area contributed by atoms with Crippen molar-refractivity contribution in [3.05, 3.63) is 59.1 Å². The van der Waals surface area contributed by atoms with Gasteiger partial charge in [0, 0.05) is 11.6 Å². The summed E-state index contributed by atoms with van der Waals surface area (Å²) >= 11 is 6.13. The Bertz CT molecular complexity index is 617. The van der Waals surface area contributed by atoms with Crippen LogP contribution in [0.15, 0.2) is 48.5 Å². The van der Waals surface area contributed by atoms with E-state index in [-0.39, 0.29) is 18.9 Å². The van der Waals surface area contributed by atoms with Gasteiger partial charge in [-0.15, -0.1) is 0 Å². The molecular weight excluding hydrogens is 288 g/mol. The van der Waals surface area contributed by atoms with Crippen LogP contribution < -0.4 is 15.8 Å². The minimum absolute atomic E-state index is 0.193. The number of amides is 1. The van der Waals surface area contributed by atoms with E-state index in [4.69, 9.17) is 22.1 Å². The van der Waals surface area contributed by atoms with Gasteiger partial charge in [0.15, 0.2) is 0 Å². The predicted octanol–water partition coefficient (Wildman–Crippen LogP) is 3.21. The van der Waals surface area contributed by atoms with E-state index in [1.807, 2.05) is 48.5 Å². The van der Waals surface area contributed by atoms with Crippen molar-refractivity contribution in [2.24, 2.45) is 5.73 Å². The molecule has 2 rings (SSSR count). The molecule has 1 amide bonds. The van der Waals surface area contributed by atoms with E-state index in [1.54, 1.807) is 0 Å². The summed E-state index contributed by atoms with van der Waals surface area (Å²) < 4.78 is 5.57. The molecule has 0 bridgehead atoms. The predicted molar refractivity (Wildman–Crippen MR) is 84.5 cm³/mol. The smallest absolute Gasteiger partial charge is 0.220 e. The second kappa shape index (κ2) is 7.55. The van der Waals surface area contributed by atoms with Gasteiger partial charge in [0.05, 0.1) is 18.7 Å². The molecule has 3 N–H and O–H groups in total. The number of carbonyl (C=O) groups is 1. The summed E-state index contributed by atoms with van der Waals surface area (Å²) in [6.45, 7) is 0.857. The van der Waals surface area contributed by atoms with Gasteiger partial charge < -0.3 is 15.8 Å². The van der Waals surface area contributed by atoms with Gasteiger partial charge >= 0.3 is 0 Å². The maximum absolute atomic E-state index is 10.7. The largest absolute Gasteiger partial charge is 0.491 e. The summed E-state index contributed by atoms with van der Waals surface area (Å²) in [5.41, 5.74) is 6.95. The number of hydrogen-bond acceptors (Lipinski definition) is 3. The quantitative estimate of drug-likeness (QED) is 0.825. The third-order valence-corrected chi connectivity index (χ3v) is 3.29. The van der Waals surface area contributed by atoms with E-state index in [9.17, 15) is 4.79 Å². The Balaban J connectivity index is 1.99. The number of anilines is 1. The molecule has 5 heteroatoms. The first-order valence-electron chi connectivity index (χ1n) is 6.64. The Morgan fingerprint density at radius 3 is 2.62 bits per heavy atom. The van der Waals surface area contributed by atoms with Crippen LogP contribution >= 0.6 is 11.6 Å². The summed E-state index contributed by atoms with van der Waals surface area (Å²) in [6, 6.07) is 15.2. The summed E-state index contributed by atoms with van der Waals surface area (Å²) in [5, 5.41) is 4.00. The molecule has 4 nitrogen and oxygen atoms in total. The lowest BCUT2D eigenvalue weighted by Gasteiger charge is -2.13. The SMILES string of the molecule is NC(=O)CCOc1ccccc1NCc1ccccc1Cl. The molecule has 0 unspecified atom stereocenters. The van der Waals surface area contributed by atoms with Crippen molar-refractivity contribution >= 4 is 23.2 Å². The highest BCUT2D eigenvalue weighted by Crippen LogP contribution is 2.25. The average Bonchev–Trinajstić information content (AvgIpc) is 2.47. The number of nitrogens with two attached hydrogens (primary N) is 1. The second-order valence-electron chi connectivity index (χ2n) is 4.51. The minimum Gasteiger partial charge on any atom is -0.491 e. The highest BCUT2D eigenvalue weighted by Gasteiger charge is 2.05. The lowest BCUT2D eigenvalue weighted by Crippen LogP contribution is -2.15. The van der Waals surface area contributed by atoms with Gasteiger partial charge in [-0.3, -0.25) is 4.79 Å². The maximum Gasteiger partial charge on any atom is 0.220 e. The second-order valence-corrected chi connectivity index (χ2v) is 4.91. The normalized spacial score (nSPS) is 10.1. The van der Waals surface area contributed by atoms with Crippen LogP contribution in [-0.2, 0) is 11.3 Å². The van der Waals surface area contributed by atoms with Gasteiger partial charge in [0.2, 0.25) is 5.91 Å². The summed E-state index contributed by atoms with van der Waals surface area (Å²) in [7, 11) is 0. The monoisotopic (exact) mass is 304 g/mol. The zero-order valence-electron chi connectivity index (χ0n) is 11.5. The van der Waals surface area contributed by atoms with Crippen molar-refractivity contribution in [2.45, 2.75) is 13.0 Å². The van der Waals surface area contributed by atoms with Crippen LogP contribution in [0.3, 0.4) is 0 Å². The van der Waals surface area contributed by atoms with Gasteiger partial charge in [-0.25, -0.2) is 0 Å². The van der Waals surface area contributed by atoms with E-state index < -0.39 is 0 Å². The molecule has 0 spiro atoms. The third kappa shape index (κ3) is 4.68. The number of carbonyl (C=O) groups excluding carboxylic acids is 1. The molecule has 0 saturated heterocycles. The van der Waals surface area contributed by atoms with Crippen molar-refractivity contribution in [2.75, 3.05) is 11.9 Å². The number of halogens is 1. The molecule has 0 saturated carbocycles. The van der Waals surface area contributed by atoms with Crippen LogP contribution in [0.1, 0.15) is 12.0 Å². The van der Waals surface area contributed by atoms with E-state index in [2.05, 4.69) is 5.32 Å². The number of para-hydroxylation sites is 2. The van der Waals surface area contributed by atoms with E-state index in [1.165, 1.54) is 0 Å². The van der Waals surface area contributed by atoms with Gasteiger partial charge in [-0.05, 0) is 23.8 Å². The van der Waals surface area contributed by atoms with Crippen molar-refractivity contribution in [3.63, 3.8) is 0 Å². The number of hydrogen-bond donors (Lipinski definition) is 2. The van der Waals surface area contributed by atoms with Crippen LogP contribution in [0.4, 0.5) is 5.69 Å². The van der Waals surface area contributed by atoms with Crippen LogP contribution in [0.2, 0.25) is 5.02 Å². The Kier molecular flexibility index (Phi) is 5.46. The molecule has 0 atom stereocenters. The molecule has 0 aliphatic carbocycles. The Morgan fingerprint density at radius 1 is 1.14 bits per heavy atom. The number of nitrogens with one attached hydrogen (secondary N) is 1. The van der Waals surface area contributed by atoms with Crippen molar-refractivity contribution in [1.29, 1.82) is 0 Å². The van der Waals surface area contributed by atoms with Gasteiger partial charge in [-0.1, -0.05) is 41.9 Å². The maximum atomic E-state index is 10.7. The third-order valence-electron chi connectivity index (χ3n) is 2.92. The van der Waals surface area contributed by atoms with Gasteiger partial charge in [0.1, 0.15) is 5.75 Å². The first-order chi connectivity index (χ1) is 10.2. The molecule has 110 valence electrons. The zero-order valence-corrected chi connectivity index (χ0v) is 12.3. The average molecular weight is 305 g/mol. The van der Waals surface area contributed by atoms with Gasteiger partial charge in [-0.2, -0.15) is 0 Å². The van der Waals surface area contributed by atoms with Crippen LogP contribution in [0, 0.1) is 0 Å².